The number of hydrogen-bond donors (Lipinski definition) is 0. The maximum atomic E-state index is 12.1. The van der Waals surface area contributed by atoms with Crippen molar-refractivity contribution < 1.29 is 13.9 Å². The molecule has 3 heteroatoms. The summed E-state index contributed by atoms with van der Waals surface area (Å²) in [6.45, 7) is 0.119. The zero-order chi connectivity index (χ0) is 14.7. The maximum Gasteiger partial charge on any atom is 0.119 e. The third kappa shape index (κ3) is 3.13. The number of ether oxygens (including phenoxy) is 2. The number of benzene rings is 1. The lowest BCUT2D eigenvalue weighted by Crippen LogP contribution is -2.26. The summed E-state index contributed by atoms with van der Waals surface area (Å²) < 4.78 is 23.2. The van der Waals surface area contributed by atoms with E-state index in [9.17, 15) is 4.39 Å². The van der Waals surface area contributed by atoms with Crippen molar-refractivity contribution >= 4 is 12.2 Å². The van der Waals surface area contributed by atoms with E-state index >= 15 is 0 Å². The summed E-state index contributed by atoms with van der Waals surface area (Å²) in [7, 11) is 1.81. The van der Waals surface area contributed by atoms with Crippen LogP contribution in [0.15, 0.2) is 18.2 Å². The van der Waals surface area contributed by atoms with E-state index in [1.165, 1.54) is 10.4 Å². The van der Waals surface area contributed by atoms with Gasteiger partial charge >= 0.3 is 0 Å². The molecular formula is C18H23FO2. The number of hydrogen-bond acceptors (Lipinski definition) is 2. The molecule has 1 saturated carbocycles. The van der Waals surface area contributed by atoms with Crippen LogP contribution in [0.25, 0.3) is 12.2 Å². The number of fused-ring (bicyclic) bond motifs is 1. The predicted molar refractivity (Wildman–Crippen MR) is 82.4 cm³/mol. The quantitative estimate of drug-likeness (QED) is 0.776. The molecule has 0 saturated heterocycles. The standard InChI is InChI=1S/C18H23FO2/c1-20-16-5-7-18(8-6-16)12-14-3-4-17(11-15(14)13-18)21-10-2-9-19/h3-4,11-13,16H,2,5-10H2,1H3. The lowest BCUT2D eigenvalue weighted by Gasteiger charge is -2.34. The van der Waals surface area contributed by atoms with Gasteiger partial charge in [0.15, 0.2) is 0 Å². The molecule has 3 rings (SSSR count). The summed E-state index contributed by atoms with van der Waals surface area (Å²) in [6.07, 6.45) is 10.2. The van der Waals surface area contributed by atoms with Gasteiger partial charge in [0.2, 0.25) is 0 Å². The molecule has 0 bridgehead atoms. The molecule has 0 atom stereocenters. The molecule has 21 heavy (non-hydrogen) atoms. The van der Waals surface area contributed by atoms with E-state index in [2.05, 4.69) is 24.3 Å². The Kier molecular flexibility index (Phi) is 4.29. The van der Waals surface area contributed by atoms with Gasteiger partial charge in [-0.25, -0.2) is 0 Å². The highest BCUT2D eigenvalue weighted by atomic mass is 19.1. The minimum Gasteiger partial charge on any atom is -0.493 e. The van der Waals surface area contributed by atoms with E-state index in [1.54, 1.807) is 7.11 Å². The minimum atomic E-state index is -0.325. The highest BCUT2D eigenvalue weighted by Gasteiger charge is 2.33. The first-order valence-electron chi connectivity index (χ1n) is 7.82. The van der Waals surface area contributed by atoms with Crippen molar-refractivity contribution in [2.75, 3.05) is 20.4 Å². The van der Waals surface area contributed by atoms with Gasteiger partial charge in [-0.05, 0) is 48.3 Å². The fourth-order valence-electron chi connectivity index (χ4n) is 3.46. The second kappa shape index (κ2) is 6.18. The molecule has 114 valence electrons. The molecule has 1 aromatic rings. The van der Waals surface area contributed by atoms with Crippen LogP contribution in [0, 0.1) is 5.41 Å². The highest BCUT2D eigenvalue weighted by Crippen LogP contribution is 2.41. The van der Waals surface area contributed by atoms with Crippen LogP contribution < -0.4 is 15.2 Å². The zero-order valence-electron chi connectivity index (χ0n) is 12.6. The molecule has 2 aliphatic carbocycles. The molecule has 0 aliphatic heterocycles. The Morgan fingerprint density at radius 3 is 2.67 bits per heavy atom. The fourth-order valence-corrected chi connectivity index (χ4v) is 3.46. The van der Waals surface area contributed by atoms with Crippen molar-refractivity contribution in [3.05, 3.63) is 28.6 Å². The lowest BCUT2D eigenvalue weighted by molar-refractivity contribution is 0.0564. The second-order valence-electron chi connectivity index (χ2n) is 6.14. The topological polar surface area (TPSA) is 18.5 Å². The van der Waals surface area contributed by atoms with Crippen LogP contribution in [0.1, 0.15) is 32.1 Å². The van der Waals surface area contributed by atoms with Gasteiger partial charge in [-0.15, -0.1) is 0 Å². The summed E-state index contributed by atoms with van der Waals surface area (Å²) in [5.41, 5.74) is 0.203. The minimum absolute atomic E-state index is 0.203. The summed E-state index contributed by atoms with van der Waals surface area (Å²) in [6, 6.07) is 6.19. The Labute approximate surface area is 125 Å². The first kappa shape index (κ1) is 14.6. The Morgan fingerprint density at radius 2 is 1.95 bits per heavy atom. The summed E-state index contributed by atoms with van der Waals surface area (Å²) in [5, 5.41) is 2.55. The van der Waals surface area contributed by atoms with E-state index in [-0.39, 0.29) is 12.1 Å². The number of alkyl halides is 1. The third-order valence-corrected chi connectivity index (χ3v) is 4.69. The van der Waals surface area contributed by atoms with E-state index in [0.717, 1.165) is 31.4 Å². The van der Waals surface area contributed by atoms with Crippen LogP contribution in [0.3, 0.4) is 0 Å². The molecule has 0 aromatic heterocycles. The van der Waals surface area contributed by atoms with Crippen molar-refractivity contribution in [3.8, 4) is 5.75 Å². The van der Waals surface area contributed by atoms with Gasteiger partial charge in [0, 0.05) is 18.9 Å². The van der Waals surface area contributed by atoms with Crippen LogP contribution in [-0.2, 0) is 4.74 Å². The maximum absolute atomic E-state index is 12.1. The average molecular weight is 290 g/mol. The van der Waals surface area contributed by atoms with Crippen molar-refractivity contribution in [1.82, 2.24) is 0 Å². The molecular weight excluding hydrogens is 267 g/mol. The number of rotatable bonds is 5. The van der Waals surface area contributed by atoms with E-state index in [0.29, 0.717) is 19.1 Å². The van der Waals surface area contributed by atoms with Gasteiger partial charge in [-0.3, -0.25) is 4.39 Å². The Bertz CT molecular complexity index is 600. The van der Waals surface area contributed by atoms with E-state index < -0.39 is 0 Å². The Morgan fingerprint density at radius 1 is 1.19 bits per heavy atom. The molecule has 0 radical (unpaired) electrons. The van der Waals surface area contributed by atoms with E-state index in [4.69, 9.17) is 9.47 Å². The highest BCUT2D eigenvalue weighted by molar-refractivity contribution is 5.58. The molecule has 2 aliphatic rings. The summed E-state index contributed by atoms with van der Waals surface area (Å²) in [4.78, 5) is 0. The first-order chi connectivity index (χ1) is 10.2. The van der Waals surface area contributed by atoms with Crippen LogP contribution in [0.4, 0.5) is 4.39 Å². The molecule has 1 fully saturated rings. The molecule has 1 aromatic carbocycles. The monoisotopic (exact) mass is 290 g/mol. The second-order valence-corrected chi connectivity index (χ2v) is 6.14. The van der Waals surface area contributed by atoms with Gasteiger partial charge in [0.25, 0.3) is 0 Å². The molecule has 0 amide bonds. The van der Waals surface area contributed by atoms with Crippen molar-refractivity contribution in [3.63, 3.8) is 0 Å². The lowest BCUT2D eigenvalue weighted by atomic mass is 9.74. The summed E-state index contributed by atoms with van der Waals surface area (Å²) >= 11 is 0. The molecule has 0 heterocycles. The van der Waals surface area contributed by atoms with Gasteiger partial charge in [0.1, 0.15) is 5.75 Å². The first-order valence-corrected chi connectivity index (χ1v) is 7.82. The molecule has 1 spiro atoms. The average Bonchev–Trinajstić information content (AvgIpc) is 2.85. The Balaban J connectivity index is 1.76. The van der Waals surface area contributed by atoms with Crippen LogP contribution in [-0.4, -0.2) is 26.5 Å². The largest absolute Gasteiger partial charge is 0.493 e. The Hall–Kier alpha value is -1.35. The van der Waals surface area contributed by atoms with Crippen molar-refractivity contribution in [1.29, 1.82) is 0 Å². The van der Waals surface area contributed by atoms with Crippen LogP contribution in [0.2, 0.25) is 0 Å². The zero-order valence-corrected chi connectivity index (χ0v) is 12.6. The number of halogens is 1. The van der Waals surface area contributed by atoms with Gasteiger partial charge in [-0.2, -0.15) is 0 Å². The van der Waals surface area contributed by atoms with Gasteiger partial charge in [0.05, 0.1) is 19.4 Å². The summed E-state index contributed by atoms with van der Waals surface area (Å²) in [5.74, 6) is 0.842. The van der Waals surface area contributed by atoms with Crippen molar-refractivity contribution in [2.24, 2.45) is 5.41 Å². The predicted octanol–water partition coefficient (Wildman–Crippen LogP) is 2.58. The molecule has 2 nitrogen and oxygen atoms in total. The number of methoxy groups -OCH3 is 1. The third-order valence-electron chi connectivity index (χ3n) is 4.69. The SMILES string of the molecule is COC1CCC2(C=c3ccc(OCCCF)cc3=C2)CC1. The van der Waals surface area contributed by atoms with Crippen LogP contribution >= 0.6 is 0 Å². The molecule has 0 unspecified atom stereocenters. The fraction of sp³-hybridized carbons (Fsp3) is 0.556. The van der Waals surface area contributed by atoms with E-state index in [1.807, 2.05) is 6.07 Å². The van der Waals surface area contributed by atoms with Crippen LogP contribution in [0.5, 0.6) is 5.75 Å². The smallest absolute Gasteiger partial charge is 0.119 e. The van der Waals surface area contributed by atoms with Gasteiger partial charge in [-0.1, -0.05) is 18.2 Å². The normalized spacial score (nSPS) is 27.0. The van der Waals surface area contributed by atoms with Crippen molar-refractivity contribution in [2.45, 2.75) is 38.2 Å². The molecule has 0 N–H and O–H groups in total. The van der Waals surface area contributed by atoms with Gasteiger partial charge < -0.3 is 9.47 Å².